The van der Waals surface area contributed by atoms with E-state index in [2.05, 4.69) is 33.8 Å². The summed E-state index contributed by atoms with van der Waals surface area (Å²) in [6.07, 6.45) is 7.54. The van der Waals surface area contributed by atoms with Gasteiger partial charge in [0.15, 0.2) is 5.79 Å². The maximum atomic E-state index is 13.7. The summed E-state index contributed by atoms with van der Waals surface area (Å²) >= 11 is 0. The molecule has 3 saturated carbocycles. The smallest absolute Gasteiger partial charge is 0.338 e. The molecule has 4 aliphatic carbocycles. The summed E-state index contributed by atoms with van der Waals surface area (Å²) in [4.78, 5) is 25.4. The van der Waals surface area contributed by atoms with Gasteiger partial charge in [-0.1, -0.05) is 57.5 Å². The van der Waals surface area contributed by atoms with Crippen LogP contribution in [0.1, 0.15) is 89.9 Å². The van der Waals surface area contributed by atoms with Crippen molar-refractivity contribution in [1.29, 1.82) is 0 Å². The topological polar surface area (TPSA) is 91.3 Å². The van der Waals surface area contributed by atoms with Gasteiger partial charge < -0.3 is 24.1 Å². The molecular formula is C36H48O7. The van der Waals surface area contributed by atoms with Crippen molar-refractivity contribution in [2.45, 2.75) is 110 Å². The van der Waals surface area contributed by atoms with Crippen LogP contribution >= 0.6 is 0 Å². The Morgan fingerprint density at radius 3 is 2.49 bits per heavy atom. The second-order valence-corrected chi connectivity index (χ2v) is 15.2. The molecule has 43 heavy (non-hydrogen) atoms. The average molecular weight is 593 g/mol. The van der Waals surface area contributed by atoms with Crippen molar-refractivity contribution < 1.29 is 33.6 Å². The molecule has 13 atom stereocenters. The minimum atomic E-state index is -1.03. The van der Waals surface area contributed by atoms with Crippen molar-refractivity contribution in [2.24, 2.45) is 46.3 Å². The molecule has 6 aliphatic rings. The molecule has 1 N–H and O–H groups in total. The number of aliphatic hydroxyl groups is 1. The standard InChI is InChI=1S/C36H48O7/c1-20-15-30(38)36(40-19-20)21(2)32-29(43-36)17-28-26-12-11-24-16-25(41-22(3)37)13-14-34(24,4)27(26)18-31(35(28,32)5)42-33(39)23-9-7-6-8-10-23/h6-10,17,20-21,24-27,29-32,38H,11-16,18-19H2,1-5H3/t20-,21+,24+,25+,26-,27+,29+,30+,31-,32+,34+,35-,36+/m1/s1. The van der Waals surface area contributed by atoms with E-state index < -0.39 is 17.3 Å². The molecule has 2 aliphatic heterocycles. The predicted molar refractivity (Wildman–Crippen MR) is 160 cm³/mol. The molecule has 7 nitrogen and oxygen atoms in total. The predicted octanol–water partition coefficient (Wildman–Crippen LogP) is 6.09. The van der Waals surface area contributed by atoms with Crippen LogP contribution in [0.5, 0.6) is 0 Å². The first kappa shape index (κ1) is 29.5. The SMILES string of the molecule is CC(=O)O[C@H]1CC[C@@]2(C)[C@@H](CC[C@H]3C4=C[C@@H]5O[C@@]6(OC[C@H](C)C[C@@H]6O)[C@@H](C)[C@@H]5[C@@]4(C)[C@H](OC(=O)c4ccccc4)C[C@@H]32)C1. The first-order valence-corrected chi connectivity index (χ1v) is 16.6. The normalized spacial score (nSPS) is 48.4. The van der Waals surface area contributed by atoms with Crippen LogP contribution < -0.4 is 0 Å². The maximum Gasteiger partial charge on any atom is 0.338 e. The van der Waals surface area contributed by atoms with E-state index in [1.807, 2.05) is 30.3 Å². The molecule has 5 fully saturated rings. The third kappa shape index (κ3) is 4.39. The third-order valence-corrected chi connectivity index (χ3v) is 13.0. The Labute approximate surface area is 255 Å². The molecule has 1 aromatic rings. The van der Waals surface area contributed by atoms with Crippen LogP contribution in [0.2, 0.25) is 0 Å². The van der Waals surface area contributed by atoms with Crippen molar-refractivity contribution >= 4 is 11.9 Å². The lowest BCUT2D eigenvalue weighted by Crippen LogP contribution is -2.59. The maximum absolute atomic E-state index is 13.7. The lowest BCUT2D eigenvalue weighted by Gasteiger charge is -2.61. The van der Waals surface area contributed by atoms with Crippen LogP contribution in [0, 0.1) is 46.3 Å². The van der Waals surface area contributed by atoms with Gasteiger partial charge in [0, 0.05) is 24.2 Å². The number of carbonyl (C=O) groups excluding carboxylic acids is 2. The van der Waals surface area contributed by atoms with Crippen molar-refractivity contribution in [1.82, 2.24) is 0 Å². The number of carbonyl (C=O) groups is 2. The van der Waals surface area contributed by atoms with Crippen LogP contribution in [0.25, 0.3) is 0 Å². The largest absolute Gasteiger partial charge is 0.463 e. The highest BCUT2D eigenvalue weighted by atomic mass is 16.7. The van der Waals surface area contributed by atoms with E-state index in [-0.39, 0.29) is 53.4 Å². The zero-order chi connectivity index (χ0) is 30.3. The van der Waals surface area contributed by atoms with Gasteiger partial charge in [-0.05, 0) is 86.2 Å². The van der Waals surface area contributed by atoms with Crippen LogP contribution in [0.15, 0.2) is 42.0 Å². The van der Waals surface area contributed by atoms with Gasteiger partial charge in [0.1, 0.15) is 18.3 Å². The summed E-state index contributed by atoms with van der Waals surface area (Å²) < 4.78 is 25.5. The summed E-state index contributed by atoms with van der Waals surface area (Å²) in [5, 5.41) is 11.3. The summed E-state index contributed by atoms with van der Waals surface area (Å²) in [6, 6.07) is 9.30. The van der Waals surface area contributed by atoms with Crippen LogP contribution in [0.3, 0.4) is 0 Å². The zero-order valence-electron chi connectivity index (χ0n) is 26.3. The molecular weight excluding hydrogens is 544 g/mol. The first-order chi connectivity index (χ1) is 20.5. The molecule has 0 amide bonds. The van der Waals surface area contributed by atoms with Gasteiger partial charge in [0.2, 0.25) is 0 Å². The number of esters is 2. The lowest BCUT2D eigenvalue weighted by molar-refractivity contribution is -0.310. The van der Waals surface area contributed by atoms with Crippen molar-refractivity contribution in [2.75, 3.05) is 6.61 Å². The lowest BCUT2D eigenvalue weighted by atomic mass is 9.44. The molecule has 7 rings (SSSR count). The zero-order valence-corrected chi connectivity index (χ0v) is 26.3. The Bertz CT molecular complexity index is 1290. The van der Waals surface area contributed by atoms with Crippen LogP contribution in [-0.4, -0.2) is 53.9 Å². The van der Waals surface area contributed by atoms with Gasteiger partial charge in [0.05, 0.1) is 18.3 Å². The number of hydrogen-bond donors (Lipinski definition) is 1. The third-order valence-electron chi connectivity index (χ3n) is 13.0. The summed E-state index contributed by atoms with van der Waals surface area (Å²) in [6.45, 7) is 11.1. The number of fused-ring (bicyclic) bond motifs is 7. The van der Waals surface area contributed by atoms with E-state index in [4.69, 9.17) is 18.9 Å². The summed E-state index contributed by atoms with van der Waals surface area (Å²) in [5.74, 6) is -0.0563. The van der Waals surface area contributed by atoms with Crippen molar-refractivity contribution in [3.8, 4) is 0 Å². The minimum absolute atomic E-state index is 0.00665. The minimum Gasteiger partial charge on any atom is -0.463 e. The number of benzene rings is 1. The van der Waals surface area contributed by atoms with E-state index in [9.17, 15) is 14.7 Å². The second kappa shape index (κ2) is 10.4. The number of aliphatic hydroxyl groups excluding tert-OH is 1. The highest BCUT2D eigenvalue weighted by Crippen LogP contribution is 2.70. The van der Waals surface area contributed by atoms with Gasteiger partial charge in [-0.15, -0.1) is 0 Å². The fourth-order valence-electron chi connectivity index (χ4n) is 10.9. The van der Waals surface area contributed by atoms with Crippen LogP contribution in [0.4, 0.5) is 0 Å². The molecule has 1 spiro atoms. The Morgan fingerprint density at radius 1 is 1.00 bits per heavy atom. The molecule has 234 valence electrons. The molecule has 7 heteroatoms. The second-order valence-electron chi connectivity index (χ2n) is 15.2. The fourth-order valence-corrected chi connectivity index (χ4v) is 10.9. The molecule has 2 heterocycles. The fraction of sp³-hybridized carbons (Fsp3) is 0.722. The molecule has 2 saturated heterocycles. The van der Waals surface area contributed by atoms with E-state index in [0.29, 0.717) is 36.3 Å². The van der Waals surface area contributed by atoms with Crippen molar-refractivity contribution in [3.05, 3.63) is 47.5 Å². The number of rotatable bonds is 3. The van der Waals surface area contributed by atoms with Gasteiger partial charge in [-0.2, -0.15) is 0 Å². The monoisotopic (exact) mass is 592 g/mol. The molecule has 0 radical (unpaired) electrons. The quantitative estimate of drug-likeness (QED) is 0.335. The Balaban J connectivity index is 1.25. The number of hydrogen-bond acceptors (Lipinski definition) is 7. The van der Waals surface area contributed by atoms with Crippen LogP contribution in [-0.2, 0) is 23.7 Å². The van der Waals surface area contributed by atoms with E-state index in [1.165, 1.54) is 12.5 Å². The molecule has 0 bridgehead atoms. The Hall–Kier alpha value is -2.22. The molecule has 0 aromatic heterocycles. The van der Waals surface area contributed by atoms with Gasteiger partial charge >= 0.3 is 11.9 Å². The van der Waals surface area contributed by atoms with E-state index >= 15 is 0 Å². The summed E-state index contributed by atoms with van der Waals surface area (Å²) in [5.41, 5.74) is 1.59. The molecule has 0 unspecified atom stereocenters. The van der Waals surface area contributed by atoms with E-state index in [1.54, 1.807) is 0 Å². The average Bonchev–Trinajstić information content (AvgIpc) is 3.43. The Morgan fingerprint density at radius 2 is 1.77 bits per heavy atom. The van der Waals surface area contributed by atoms with Gasteiger partial charge in [-0.25, -0.2) is 4.79 Å². The van der Waals surface area contributed by atoms with Gasteiger partial charge in [0.25, 0.3) is 0 Å². The van der Waals surface area contributed by atoms with E-state index in [0.717, 1.165) is 38.5 Å². The first-order valence-electron chi connectivity index (χ1n) is 16.6. The van der Waals surface area contributed by atoms with Gasteiger partial charge in [-0.3, -0.25) is 4.79 Å². The molecule has 1 aromatic carbocycles. The number of ether oxygens (including phenoxy) is 4. The Kier molecular flexibility index (Phi) is 7.14. The highest BCUT2D eigenvalue weighted by molar-refractivity contribution is 5.89. The van der Waals surface area contributed by atoms with Crippen molar-refractivity contribution in [3.63, 3.8) is 0 Å². The summed E-state index contributed by atoms with van der Waals surface area (Å²) in [7, 11) is 0. The highest BCUT2D eigenvalue weighted by Gasteiger charge is 2.71.